The van der Waals surface area contributed by atoms with E-state index in [2.05, 4.69) is 10.0 Å². The lowest BCUT2D eigenvalue weighted by Gasteiger charge is -2.20. The zero-order valence-corrected chi connectivity index (χ0v) is 17.9. The molecule has 2 N–H and O–H groups in total. The van der Waals surface area contributed by atoms with E-state index in [1.165, 1.54) is 24.3 Å². The molecular weight excluding hydrogens is 418 g/mol. The van der Waals surface area contributed by atoms with E-state index in [9.17, 15) is 18.0 Å². The summed E-state index contributed by atoms with van der Waals surface area (Å²) in [4.78, 5) is 26.6. The van der Waals surface area contributed by atoms with E-state index >= 15 is 0 Å². The number of ether oxygens (including phenoxy) is 1. The molecule has 0 bridgehead atoms. The van der Waals surface area contributed by atoms with Gasteiger partial charge in [-0.15, -0.1) is 0 Å². The molecule has 2 heterocycles. The molecule has 2 aromatic carbocycles. The van der Waals surface area contributed by atoms with Crippen LogP contribution in [0.15, 0.2) is 53.4 Å². The molecule has 0 saturated carbocycles. The molecular formula is C22H25N3O5S. The van der Waals surface area contributed by atoms with Gasteiger partial charge in [0.15, 0.2) is 0 Å². The molecule has 0 spiro atoms. The van der Waals surface area contributed by atoms with Crippen molar-refractivity contribution >= 4 is 33.2 Å². The summed E-state index contributed by atoms with van der Waals surface area (Å²) in [6, 6.07) is 12.9. The minimum Gasteiger partial charge on any atom is -0.377 e. The highest BCUT2D eigenvalue weighted by Crippen LogP contribution is 2.29. The summed E-state index contributed by atoms with van der Waals surface area (Å²) in [6.45, 7) is 1.51. The maximum absolute atomic E-state index is 12.7. The number of anilines is 2. The van der Waals surface area contributed by atoms with E-state index in [0.29, 0.717) is 36.5 Å². The Kier molecular flexibility index (Phi) is 6.35. The number of rotatable bonds is 7. The van der Waals surface area contributed by atoms with Crippen LogP contribution in [0.25, 0.3) is 0 Å². The molecule has 2 aromatic rings. The number of hydrogen-bond donors (Lipinski definition) is 2. The van der Waals surface area contributed by atoms with Crippen molar-refractivity contribution in [2.75, 3.05) is 29.9 Å². The molecule has 0 aromatic heterocycles. The van der Waals surface area contributed by atoms with Crippen molar-refractivity contribution in [3.63, 3.8) is 0 Å². The average molecular weight is 444 g/mol. The van der Waals surface area contributed by atoms with Gasteiger partial charge in [-0.3, -0.25) is 9.59 Å². The predicted molar refractivity (Wildman–Crippen MR) is 117 cm³/mol. The third-order valence-electron chi connectivity index (χ3n) is 5.47. The normalized spacial score (nSPS) is 19.0. The molecule has 2 amide bonds. The zero-order chi connectivity index (χ0) is 21.8. The summed E-state index contributed by atoms with van der Waals surface area (Å²) in [7, 11) is -3.68. The van der Waals surface area contributed by atoms with E-state index < -0.39 is 10.0 Å². The third-order valence-corrected chi connectivity index (χ3v) is 6.91. The highest BCUT2D eigenvalue weighted by atomic mass is 32.2. The number of nitrogens with zero attached hydrogens (tertiary/aromatic N) is 1. The van der Waals surface area contributed by atoms with E-state index in [1.807, 2.05) is 6.07 Å². The van der Waals surface area contributed by atoms with Gasteiger partial charge in [-0.25, -0.2) is 13.1 Å². The maximum Gasteiger partial charge on any atom is 0.255 e. The van der Waals surface area contributed by atoms with E-state index in [4.69, 9.17) is 4.74 Å². The zero-order valence-electron chi connectivity index (χ0n) is 17.0. The minimum absolute atomic E-state index is 0.0340. The Morgan fingerprint density at radius 3 is 2.55 bits per heavy atom. The first-order valence-corrected chi connectivity index (χ1v) is 11.8. The van der Waals surface area contributed by atoms with Gasteiger partial charge in [0.05, 0.1) is 22.4 Å². The SMILES string of the molecule is O=C(Nc1ccccc1N1CCCC1=O)c1ccc(S(=O)(=O)NCC2CCCO2)cc1. The van der Waals surface area contributed by atoms with Crippen LogP contribution < -0.4 is 14.9 Å². The van der Waals surface area contributed by atoms with E-state index in [1.54, 1.807) is 23.1 Å². The Hall–Kier alpha value is -2.75. The lowest BCUT2D eigenvalue weighted by Crippen LogP contribution is -2.31. The molecule has 9 heteroatoms. The monoisotopic (exact) mass is 443 g/mol. The average Bonchev–Trinajstić information content (AvgIpc) is 3.44. The number of carbonyl (C=O) groups is 2. The first-order valence-electron chi connectivity index (χ1n) is 10.4. The summed E-state index contributed by atoms with van der Waals surface area (Å²) in [6.07, 6.45) is 2.97. The topological polar surface area (TPSA) is 105 Å². The van der Waals surface area contributed by atoms with Crippen molar-refractivity contribution in [3.05, 3.63) is 54.1 Å². The van der Waals surface area contributed by atoms with Crippen LogP contribution in [-0.2, 0) is 19.6 Å². The largest absolute Gasteiger partial charge is 0.377 e. The van der Waals surface area contributed by atoms with Gasteiger partial charge in [0, 0.05) is 31.7 Å². The number of nitrogens with one attached hydrogen (secondary N) is 2. The Morgan fingerprint density at radius 1 is 1.10 bits per heavy atom. The first-order chi connectivity index (χ1) is 14.9. The fourth-order valence-corrected chi connectivity index (χ4v) is 4.86. The number of carbonyl (C=O) groups excluding carboxylic acids is 2. The van der Waals surface area contributed by atoms with Gasteiger partial charge >= 0.3 is 0 Å². The van der Waals surface area contributed by atoms with Gasteiger partial charge in [-0.1, -0.05) is 12.1 Å². The Balaban J connectivity index is 1.44. The fourth-order valence-electron chi connectivity index (χ4n) is 3.79. The minimum atomic E-state index is -3.68. The molecule has 0 aliphatic carbocycles. The van der Waals surface area contributed by atoms with E-state index in [-0.39, 0.29) is 29.4 Å². The molecule has 4 rings (SSSR count). The molecule has 1 unspecified atom stereocenters. The number of para-hydroxylation sites is 2. The molecule has 2 saturated heterocycles. The van der Waals surface area contributed by atoms with Gasteiger partial charge in [-0.05, 0) is 55.7 Å². The summed E-state index contributed by atoms with van der Waals surface area (Å²) < 4.78 is 33.0. The lowest BCUT2D eigenvalue weighted by molar-refractivity contribution is -0.117. The third kappa shape index (κ3) is 4.95. The highest BCUT2D eigenvalue weighted by Gasteiger charge is 2.24. The van der Waals surface area contributed by atoms with Crippen LogP contribution in [0.3, 0.4) is 0 Å². The number of hydrogen-bond acceptors (Lipinski definition) is 5. The Bertz CT molecular complexity index is 1060. The van der Waals surface area contributed by atoms with Gasteiger partial charge in [0.25, 0.3) is 5.91 Å². The molecule has 2 aliphatic heterocycles. The van der Waals surface area contributed by atoms with Crippen LogP contribution >= 0.6 is 0 Å². The molecule has 1 atom stereocenters. The van der Waals surface area contributed by atoms with E-state index in [0.717, 1.165) is 19.3 Å². The van der Waals surface area contributed by atoms with Crippen molar-refractivity contribution in [2.45, 2.75) is 36.7 Å². The standard InChI is InChI=1S/C22H25N3O5S/c26-21-8-3-13-25(21)20-7-2-1-6-19(20)24-22(27)16-9-11-18(12-10-16)31(28,29)23-15-17-5-4-14-30-17/h1-2,6-7,9-12,17,23H,3-5,8,13-15H2,(H,24,27). The second-order valence-corrected chi connectivity index (χ2v) is 9.40. The molecule has 31 heavy (non-hydrogen) atoms. The van der Waals surface area contributed by atoms with Crippen LogP contribution in [0.5, 0.6) is 0 Å². The molecule has 0 radical (unpaired) electrons. The summed E-state index contributed by atoms with van der Waals surface area (Å²) in [5, 5.41) is 2.83. The van der Waals surface area contributed by atoms with Gasteiger partial charge < -0.3 is 15.0 Å². The van der Waals surface area contributed by atoms with Crippen LogP contribution in [0.1, 0.15) is 36.0 Å². The summed E-state index contributed by atoms with van der Waals surface area (Å²) >= 11 is 0. The molecule has 8 nitrogen and oxygen atoms in total. The Labute approximate surface area is 181 Å². The van der Waals surface area contributed by atoms with Crippen molar-refractivity contribution in [1.82, 2.24) is 4.72 Å². The predicted octanol–water partition coefficient (Wildman–Crippen LogP) is 2.52. The Morgan fingerprint density at radius 2 is 1.87 bits per heavy atom. The quantitative estimate of drug-likeness (QED) is 0.684. The molecule has 2 fully saturated rings. The van der Waals surface area contributed by atoms with Crippen molar-refractivity contribution in [1.29, 1.82) is 0 Å². The van der Waals surface area contributed by atoms with Crippen LogP contribution in [0.2, 0.25) is 0 Å². The summed E-state index contributed by atoms with van der Waals surface area (Å²) in [5.41, 5.74) is 1.52. The van der Waals surface area contributed by atoms with Crippen molar-refractivity contribution in [3.8, 4) is 0 Å². The fraction of sp³-hybridized carbons (Fsp3) is 0.364. The number of amides is 2. The number of sulfonamides is 1. The smallest absolute Gasteiger partial charge is 0.255 e. The summed E-state index contributed by atoms with van der Waals surface area (Å²) in [5.74, 6) is -0.345. The van der Waals surface area contributed by atoms with Crippen LogP contribution in [-0.4, -0.2) is 46.0 Å². The van der Waals surface area contributed by atoms with Crippen LogP contribution in [0, 0.1) is 0 Å². The van der Waals surface area contributed by atoms with Gasteiger partial charge in [0.2, 0.25) is 15.9 Å². The first kappa shape index (κ1) is 21.5. The highest BCUT2D eigenvalue weighted by molar-refractivity contribution is 7.89. The maximum atomic E-state index is 12.7. The second kappa shape index (κ2) is 9.17. The number of benzene rings is 2. The lowest BCUT2D eigenvalue weighted by atomic mass is 10.2. The van der Waals surface area contributed by atoms with Crippen LogP contribution in [0.4, 0.5) is 11.4 Å². The van der Waals surface area contributed by atoms with Gasteiger partial charge in [0.1, 0.15) is 0 Å². The molecule has 2 aliphatic rings. The van der Waals surface area contributed by atoms with Crippen molar-refractivity contribution < 1.29 is 22.7 Å². The second-order valence-electron chi connectivity index (χ2n) is 7.63. The van der Waals surface area contributed by atoms with Gasteiger partial charge in [-0.2, -0.15) is 0 Å². The molecule has 164 valence electrons. The van der Waals surface area contributed by atoms with Crippen molar-refractivity contribution in [2.24, 2.45) is 0 Å².